The van der Waals surface area contributed by atoms with E-state index in [0.29, 0.717) is 23.9 Å². The minimum Gasteiger partial charge on any atom is -0.361 e. The highest BCUT2D eigenvalue weighted by Crippen LogP contribution is 2.41. The number of likely N-dealkylation sites (tertiary alicyclic amines) is 1. The van der Waals surface area contributed by atoms with Crippen LogP contribution in [0.1, 0.15) is 49.7 Å². The average Bonchev–Trinajstić information content (AvgIpc) is 3.16. The minimum atomic E-state index is -0.414. The molecule has 0 N–H and O–H groups in total. The third-order valence-electron chi connectivity index (χ3n) is 5.06. The summed E-state index contributed by atoms with van der Waals surface area (Å²) in [6.07, 6.45) is 1.64. The molecule has 26 heavy (non-hydrogen) atoms. The first kappa shape index (κ1) is 19.1. The van der Waals surface area contributed by atoms with Gasteiger partial charge in [-0.25, -0.2) is 4.39 Å². The predicted octanol–water partition coefficient (Wildman–Crippen LogP) is 4.75. The van der Waals surface area contributed by atoms with E-state index in [0.717, 1.165) is 18.5 Å². The van der Waals surface area contributed by atoms with Gasteiger partial charge >= 0.3 is 0 Å². The van der Waals surface area contributed by atoms with E-state index in [4.69, 9.17) is 16.1 Å². The normalized spacial score (nSPS) is 20.8. The largest absolute Gasteiger partial charge is 0.361 e. The Bertz CT molecular complexity index is 790. The number of ketones is 1. The monoisotopic (exact) mass is 378 g/mol. The van der Waals surface area contributed by atoms with Gasteiger partial charge in [-0.2, -0.15) is 0 Å². The van der Waals surface area contributed by atoms with Crippen molar-refractivity contribution < 1.29 is 13.7 Å². The van der Waals surface area contributed by atoms with Crippen LogP contribution in [0.4, 0.5) is 4.39 Å². The minimum absolute atomic E-state index is 0.0183. The summed E-state index contributed by atoms with van der Waals surface area (Å²) in [7, 11) is 0. The van der Waals surface area contributed by atoms with Crippen LogP contribution in [0.2, 0.25) is 5.02 Å². The molecule has 140 valence electrons. The second-order valence-corrected chi connectivity index (χ2v) is 7.75. The molecule has 1 aliphatic rings. The first-order valence-corrected chi connectivity index (χ1v) is 9.37. The molecule has 1 aliphatic heterocycles. The van der Waals surface area contributed by atoms with Gasteiger partial charge in [-0.1, -0.05) is 22.8 Å². The second-order valence-electron chi connectivity index (χ2n) is 7.35. The lowest BCUT2D eigenvalue weighted by molar-refractivity contribution is -0.119. The van der Waals surface area contributed by atoms with Gasteiger partial charge < -0.3 is 4.52 Å². The number of hydrogen-bond acceptors (Lipinski definition) is 4. The molecule has 1 saturated heterocycles. The Labute approximate surface area is 158 Å². The molecule has 0 radical (unpaired) electrons. The topological polar surface area (TPSA) is 46.3 Å². The van der Waals surface area contributed by atoms with E-state index >= 15 is 0 Å². The van der Waals surface area contributed by atoms with E-state index in [1.54, 1.807) is 12.1 Å². The molecule has 2 atom stereocenters. The molecule has 0 saturated carbocycles. The molecule has 2 heterocycles. The summed E-state index contributed by atoms with van der Waals surface area (Å²) < 4.78 is 19.0. The maximum Gasteiger partial charge on any atom is 0.142 e. The van der Waals surface area contributed by atoms with Crippen molar-refractivity contribution >= 4 is 17.4 Å². The first-order valence-electron chi connectivity index (χ1n) is 8.99. The number of aryl methyl sites for hydroxylation is 1. The number of halogens is 2. The number of benzene rings is 1. The number of carbonyl (C=O) groups is 1. The van der Waals surface area contributed by atoms with E-state index in [2.05, 4.69) is 23.9 Å². The van der Waals surface area contributed by atoms with Gasteiger partial charge in [-0.3, -0.25) is 9.69 Å². The first-order chi connectivity index (χ1) is 12.3. The Balaban J connectivity index is 1.78. The molecule has 1 aromatic carbocycles. The van der Waals surface area contributed by atoms with Crippen LogP contribution in [0.3, 0.4) is 0 Å². The fourth-order valence-electron chi connectivity index (χ4n) is 3.90. The average molecular weight is 379 g/mol. The summed E-state index contributed by atoms with van der Waals surface area (Å²) in [6, 6.07) is 7.10. The Morgan fingerprint density at radius 2 is 2.19 bits per heavy atom. The van der Waals surface area contributed by atoms with E-state index in [9.17, 15) is 9.18 Å². The maximum atomic E-state index is 14.0. The third-order valence-corrected chi connectivity index (χ3v) is 5.36. The van der Waals surface area contributed by atoms with Crippen molar-refractivity contribution in [3.63, 3.8) is 0 Å². The molecule has 6 heteroatoms. The van der Waals surface area contributed by atoms with E-state index < -0.39 is 5.82 Å². The number of nitrogens with zero attached hydrogens (tertiary/aromatic N) is 2. The van der Waals surface area contributed by atoms with Crippen molar-refractivity contribution in [2.75, 3.05) is 6.54 Å². The van der Waals surface area contributed by atoms with Gasteiger partial charge in [-0.15, -0.1) is 0 Å². The van der Waals surface area contributed by atoms with Crippen LogP contribution >= 0.6 is 11.6 Å². The standard InChI is InChI=1S/C20H24ClFN2O2/c1-12(2)24-7-6-15(9-17(25)11-16-8-13(3)26-23-16)20(24)14-4-5-18(21)19(22)10-14/h4-5,8,10,12,15,20H,6-7,9,11H2,1-3H3. The van der Waals surface area contributed by atoms with Crippen LogP contribution in [0.5, 0.6) is 0 Å². The van der Waals surface area contributed by atoms with E-state index in [1.165, 1.54) is 6.07 Å². The van der Waals surface area contributed by atoms with Crippen LogP contribution in [-0.2, 0) is 11.2 Å². The lowest BCUT2D eigenvalue weighted by Gasteiger charge is -2.31. The van der Waals surface area contributed by atoms with Gasteiger partial charge in [0.25, 0.3) is 0 Å². The highest BCUT2D eigenvalue weighted by Gasteiger charge is 2.37. The van der Waals surface area contributed by atoms with Crippen LogP contribution in [-0.4, -0.2) is 28.4 Å². The molecular formula is C20H24ClFN2O2. The molecule has 2 unspecified atom stereocenters. The summed E-state index contributed by atoms with van der Waals surface area (Å²) in [5.41, 5.74) is 1.55. The highest BCUT2D eigenvalue weighted by atomic mass is 35.5. The summed E-state index contributed by atoms with van der Waals surface area (Å²) >= 11 is 5.84. The molecule has 2 aromatic rings. The molecule has 1 fully saturated rings. The summed E-state index contributed by atoms with van der Waals surface area (Å²) in [5, 5.41) is 4.02. The lowest BCUT2D eigenvalue weighted by Crippen LogP contribution is -2.32. The Morgan fingerprint density at radius 3 is 2.81 bits per heavy atom. The smallest absolute Gasteiger partial charge is 0.142 e. The third kappa shape index (κ3) is 4.15. The number of hydrogen-bond donors (Lipinski definition) is 0. The van der Waals surface area contributed by atoms with Crippen molar-refractivity contribution in [1.29, 1.82) is 0 Å². The summed E-state index contributed by atoms with van der Waals surface area (Å²) in [4.78, 5) is 14.9. The molecule has 0 aliphatic carbocycles. The lowest BCUT2D eigenvalue weighted by atomic mass is 9.88. The van der Waals surface area contributed by atoms with Crippen LogP contribution in [0.25, 0.3) is 0 Å². The molecule has 1 aromatic heterocycles. The van der Waals surface area contributed by atoms with Crippen molar-refractivity contribution in [2.45, 2.75) is 52.1 Å². The van der Waals surface area contributed by atoms with Crippen molar-refractivity contribution in [3.8, 4) is 0 Å². The van der Waals surface area contributed by atoms with Gasteiger partial charge in [0.15, 0.2) is 0 Å². The van der Waals surface area contributed by atoms with Crippen LogP contribution in [0, 0.1) is 18.7 Å². The molecule has 4 nitrogen and oxygen atoms in total. The quantitative estimate of drug-likeness (QED) is 0.727. The molecular weight excluding hydrogens is 355 g/mol. The Morgan fingerprint density at radius 1 is 1.42 bits per heavy atom. The fraction of sp³-hybridized carbons (Fsp3) is 0.500. The molecule has 0 bridgehead atoms. The van der Waals surface area contributed by atoms with Crippen LogP contribution in [0.15, 0.2) is 28.8 Å². The van der Waals surface area contributed by atoms with Gasteiger partial charge in [0, 0.05) is 24.6 Å². The van der Waals surface area contributed by atoms with Crippen LogP contribution < -0.4 is 0 Å². The Hall–Kier alpha value is -1.72. The molecule has 3 rings (SSSR count). The molecule has 0 spiro atoms. The van der Waals surface area contributed by atoms with Crippen molar-refractivity contribution in [1.82, 2.24) is 10.1 Å². The highest BCUT2D eigenvalue weighted by molar-refractivity contribution is 6.30. The number of aromatic nitrogens is 1. The summed E-state index contributed by atoms with van der Waals surface area (Å²) in [5.74, 6) is 0.573. The number of Topliss-reactive ketones (excluding diaryl/α,β-unsaturated/α-hetero) is 1. The van der Waals surface area contributed by atoms with Gasteiger partial charge in [0.2, 0.25) is 0 Å². The molecule has 0 amide bonds. The van der Waals surface area contributed by atoms with Gasteiger partial charge in [0.1, 0.15) is 17.4 Å². The second kappa shape index (κ2) is 7.89. The van der Waals surface area contributed by atoms with Gasteiger partial charge in [-0.05, 0) is 57.4 Å². The van der Waals surface area contributed by atoms with E-state index in [-0.39, 0.29) is 29.2 Å². The predicted molar refractivity (Wildman–Crippen MR) is 98.7 cm³/mol. The zero-order valence-electron chi connectivity index (χ0n) is 15.3. The summed E-state index contributed by atoms with van der Waals surface area (Å²) in [6.45, 7) is 6.96. The van der Waals surface area contributed by atoms with Gasteiger partial charge in [0.05, 0.1) is 17.1 Å². The van der Waals surface area contributed by atoms with Crippen molar-refractivity contribution in [3.05, 3.63) is 52.1 Å². The zero-order chi connectivity index (χ0) is 18.8. The van der Waals surface area contributed by atoms with Crippen molar-refractivity contribution in [2.24, 2.45) is 5.92 Å². The van der Waals surface area contributed by atoms with E-state index in [1.807, 2.05) is 13.0 Å². The maximum absolute atomic E-state index is 14.0. The zero-order valence-corrected chi connectivity index (χ0v) is 16.1. The fourth-order valence-corrected chi connectivity index (χ4v) is 4.02. The number of carbonyl (C=O) groups excluding carboxylic acids is 1. The SMILES string of the molecule is Cc1cc(CC(=O)CC2CCN(C(C)C)C2c2ccc(Cl)c(F)c2)no1. The Kier molecular flexibility index (Phi) is 5.78. The number of rotatable bonds is 6.